The zero-order valence-electron chi connectivity index (χ0n) is 13.4. The second kappa shape index (κ2) is 6.05. The van der Waals surface area contributed by atoms with Crippen molar-refractivity contribution < 1.29 is 19.2 Å². The summed E-state index contributed by atoms with van der Waals surface area (Å²) >= 11 is 0. The molecule has 1 aliphatic heterocycles. The van der Waals surface area contributed by atoms with E-state index in [0.29, 0.717) is 34.6 Å². The van der Waals surface area contributed by atoms with Crippen LogP contribution in [0.5, 0.6) is 11.5 Å². The molecule has 0 N–H and O–H groups in total. The number of Topliss-reactive ketones (excluding diaryl/α,β-unsaturated/α-hetero) is 1. The number of allylic oxidation sites excluding steroid dienone is 2. The maximum Gasteiger partial charge on any atom is 0.277 e. The van der Waals surface area contributed by atoms with Gasteiger partial charge in [-0.3, -0.25) is 14.9 Å². The van der Waals surface area contributed by atoms with Crippen LogP contribution >= 0.6 is 0 Å². The van der Waals surface area contributed by atoms with Gasteiger partial charge < -0.3 is 9.47 Å². The SMILES string of the molecule is O=C1CCCC=C1c1ccc(-c2ccc3c(c2)OCO3)cc1[N+](=O)[O-]. The number of carbonyl (C=O) groups is 1. The van der Waals surface area contributed by atoms with Crippen LogP contribution in [-0.4, -0.2) is 17.5 Å². The minimum Gasteiger partial charge on any atom is -0.454 e. The molecular weight excluding hydrogens is 322 g/mol. The molecule has 2 aromatic rings. The van der Waals surface area contributed by atoms with Gasteiger partial charge in [-0.05, 0) is 42.2 Å². The lowest BCUT2D eigenvalue weighted by Gasteiger charge is -2.13. The maximum absolute atomic E-state index is 12.1. The van der Waals surface area contributed by atoms with Crippen molar-refractivity contribution in [1.82, 2.24) is 0 Å². The molecular formula is C19H15NO5. The zero-order valence-corrected chi connectivity index (χ0v) is 13.4. The fraction of sp³-hybridized carbons (Fsp3) is 0.211. The summed E-state index contributed by atoms with van der Waals surface area (Å²) in [4.78, 5) is 23.3. The molecule has 1 heterocycles. The highest BCUT2D eigenvalue weighted by Gasteiger charge is 2.24. The van der Waals surface area contributed by atoms with Crippen LogP contribution in [-0.2, 0) is 4.79 Å². The topological polar surface area (TPSA) is 78.7 Å². The molecule has 0 radical (unpaired) electrons. The number of ketones is 1. The van der Waals surface area contributed by atoms with Crippen LogP contribution in [0.3, 0.4) is 0 Å². The summed E-state index contributed by atoms with van der Waals surface area (Å²) in [5.41, 5.74) is 2.27. The third-order valence-electron chi connectivity index (χ3n) is 4.45. The van der Waals surface area contributed by atoms with Gasteiger partial charge in [0.2, 0.25) is 6.79 Å². The molecule has 2 aromatic carbocycles. The van der Waals surface area contributed by atoms with Gasteiger partial charge in [0, 0.05) is 18.1 Å². The molecule has 0 unspecified atom stereocenters. The van der Waals surface area contributed by atoms with Crippen molar-refractivity contribution >= 4 is 17.0 Å². The molecule has 0 fully saturated rings. The minimum absolute atomic E-state index is 0.0369. The van der Waals surface area contributed by atoms with Crippen molar-refractivity contribution in [3.05, 3.63) is 58.2 Å². The van der Waals surface area contributed by atoms with Crippen molar-refractivity contribution in [3.8, 4) is 22.6 Å². The smallest absolute Gasteiger partial charge is 0.277 e. The second-order valence-corrected chi connectivity index (χ2v) is 5.99. The number of hydrogen-bond donors (Lipinski definition) is 0. The van der Waals surface area contributed by atoms with Crippen molar-refractivity contribution in [2.24, 2.45) is 0 Å². The Bertz CT molecular complexity index is 916. The molecule has 6 nitrogen and oxygen atoms in total. The first kappa shape index (κ1) is 15.4. The fourth-order valence-corrected chi connectivity index (χ4v) is 3.18. The molecule has 6 heteroatoms. The molecule has 0 aromatic heterocycles. The van der Waals surface area contributed by atoms with Gasteiger partial charge in [-0.1, -0.05) is 18.2 Å². The summed E-state index contributed by atoms with van der Waals surface area (Å²) in [7, 11) is 0. The molecule has 2 aliphatic rings. The van der Waals surface area contributed by atoms with Gasteiger partial charge in [-0.25, -0.2) is 0 Å². The molecule has 126 valence electrons. The van der Waals surface area contributed by atoms with Crippen LogP contribution < -0.4 is 9.47 Å². The van der Waals surface area contributed by atoms with E-state index in [0.717, 1.165) is 18.4 Å². The lowest BCUT2D eigenvalue weighted by atomic mass is 9.90. The Kier molecular flexibility index (Phi) is 3.72. The summed E-state index contributed by atoms with van der Waals surface area (Å²) in [6.07, 6.45) is 3.80. The molecule has 0 saturated carbocycles. The summed E-state index contributed by atoms with van der Waals surface area (Å²) < 4.78 is 10.6. The summed E-state index contributed by atoms with van der Waals surface area (Å²) in [5.74, 6) is 1.24. The Morgan fingerprint density at radius 3 is 2.56 bits per heavy atom. The number of nitrogens with zero attached hydrogens (tertiary/aromatic N) is 1. The van der Waals surface area contributed by atoms with Crippen LogP contribution in [0, 0.1) is 10.1 Å². The van der Waals surface area contributed by atoms with E-state index in [-0.39, 0.29) is 18.3 Å². The van der Waals surface area contributed by atoms with Crippen LogP contribution in [0.15, 0.2) is 42.5 Å². The van der Waals surface area contributed by atoms with Crippen LogP contribution in [0.1, 0.15) is 24.8 Å². The summed E-state index contributed by atoms with van der Waals surface area (Å²) in [6.45, 7) is 0.175. The van der Waals surface area contributed by atoms with Gasteiger partial charge in [0.25, 0.3) is 5.69 Å². The van der Waals surface area contributed by atoms with E-state index in [2.05, 4.69) is 0 Å². The number of carbonyl (C=O) groups excluding carboxylic acids is 1. The first-order valence-corrected chi connectivity index (χ1v) is 8.06. The Labute approximate surface area is 143 Å². The van der Waals surface area contributed by atoms with Crippen molar-refractivity contribution in [1.29, 1.82) is 0 Å². The van der Waals surface area contributed by atoms with Gasteiger partial charge in [-0.15, -0.1) is 0 Å². The second-order valence-electron chi connectivity index (χ2n) is 5.99. The lowest BCUT2D eigenvalue weighted by Crippen LogP contribution is -2.08. The first-order valence-electron chi connectivity index (χ1n) is 8.06. The Hall–Kier alpha value is -3.15. The van der Waals surface area contributed by atoms with Gasteiger partial charge in [0.15, 0.2) is 17.3 Å². The predicted octanol–water partition coefficient (Wildman–Crippen LogP) is 4.13. The van der Waals surface area contributed by atoms with E-state index in [1.54, 1.807) is 30.3 Å². The molecule has 0 atom stereocenters. The quantitative estimate of drug-likeness (QED) is 0.621. The number of fused-ring (bicyclic) bond motifs is 1. The maximum atomic E-state index is 12.1. The zero-order chi connectivity index (χ0) is 17.4. The number of benzene rings is 2. The number of hydrogen-bond acceptors (Lipinski definition) is 5. The largest absolute Gasteiger partial charge is 0.454 e. The van der Waals surface area contributed by atoms with Crippen molar-refractivity contribution in [2.45, 2.75) is 19.3 Å². The summed E-state index contributed by atoms with van der Waals surface area (Å²) in [6, 6.07) is 10.4. The van der Waals surface area contributed by atoms with Gasteiger partial charge in [0.05, 0.1) is 10.5 Å². The molecule has 4 rings (SSSR count). The number of nitro groups is 1. The Morgan fingerprint density at radius 2 is 1.76 bits per heavy atom. The average Bonchev–Trinajstić information content (AvgIpc) is 3.09. The van der Waals surface area contributed by atoms with E-state index in [1.165, 1.54) is 6.07 Å². The van der Waals surface area contributed by atoms with Gasteiger partial charge >= 0.3 is 0 Å². The monoisotopic (exact) mass is 337 g/mol. The van der Waals surface area contributed by atoms with E-state index in [9.17, 15) is 14.9 Å². The standard InChI is InChI=1S/C19H15NO5/c21-17-4-2-1-3-15(17)14-7-5-12(9-16(14)20(22)23)13-6-8-18-19(10-13)25-11-24-18/h3,5-10H,1-2,4,11H2. The molecule has 0 amide bonds. The first-order chi connectivity index (χ1) is 12.1. The number of nitro benzene ring substituents is 1. The summed E-state index contributed by atoms with van der Waals surface area (Å²) in [5, 5.41) is 11.6. The van der Waals surface area contributed by atoms with E-state index < -0.39 is 4.92 Å². The highest BCUT2D eigenvalue weighted by atomic mass is 16.7. The molecule has 0 saturated heterocycles. The lowest BCUT2D eigenvalue weighted by molar-refractivity contribution is -0.385. The molecule has 1 aliphatic carbocycles. The molecule has 25 heavy (non-hydrogen) atoms. The average molecular weight is 337 g/mol. The predicted molar refractivity (Wildman–Crippen MR) is 91.5 cm³/mol. The minimum atomic E-state index is -0.436. The number of ether oxygens (including phenoxy) is 2. The van der Waals surface area contributed by atoms with Crippen LogP contribution in [0.2, 0.25) is 0 Å². The van der Waals surface area contributed by atoms with E-state index in [4.69, 9.17) is 9.47 Å². The van der Waals surface area contributed by atoms with Gasteiger partial charge in [-0.2, -0.15) is 0 Å². The van der Waals surface area contributed by atoms with E-state index in [1.807, 2.05) is 6.07 Å². The molecule has 0 bridgehead atoms. The van der Waals surface area contributed by atoms with E-state index >= 15 is 0 Å². The van der Waals surface area contributed by atoms with Gasteiger partial charge in [0.1, 0.15) is 0 Å². The van der Waals surface area contributed by atoms with Crippen LogP contribution in [0.25, 0.3) is 16.7 Å². The number of rotatable bonds is 3. The highest BCUT2D eigenvalue weighted by molar-refractivity contribution is 6.22. The Balaban J connectivity index is 1.79. The third-order valence-corrected chi connectivity index (χ3v) is 4.45. The Morgan fingerprint density at radius 1 is 1.00 bits per heavy atom. The van der Waals surface area contributed by atoms with Crippen molar-refractivity contribution in [3.63, 3.8) is 0 Å². The third kappa shape index (κ3) is 2.76. The molecule has 0 spiro atoms. The highest BCUT2D eigenvalue weighted by Crippen LogP contribution is 2.38. The normalized spacial score (nSPS) is 15.8. The van der Waals surface area contributed by atoms with Crippen molar-refractivity contribution in [2.75, 3.05) is 6.79 Å². The van der Waals surface area contributed by atoms with Crippen LogP contribution in [0.4, 0.5) is 5.69 Å². The fourth-order valence-electron chi connectivity index (χ4n) is 3.18.